The number of para-hydroxylation sites is 2. The van der Waals surface area contributed by atoms with Crippen molar-refractivity contribution in [3.05, 3.63) is 93.9 Å². The van der Waals surface area contributed by atoms with Gasteiger partial charge in [-0.3, -0.25) is 9.69 Å². The molecule has 1 unspecified atom stereocenters. The van der Waals surface area contributed by atoms with Crippen molar-refractivity contribution in [3.63, 3.8) is 0 Å². The third kappa shape index (κ3) is 3.20. The van der Waals surface area contributed by atoms with Crippen LogP contribution in [-0.2, 0) is 31.8 Å². The summed E-state index contributed by atoms with van der Waals surface area (Å²) in [5.41, 5.74) is 6.96. The number of rotatable bonds is 2. The molecule has 4 bridgehead atoms. The molecule has 7 aliphatic rings. The Morgan fingerprint density at radius 3 is 2.55 bits per heavy atom. The number of esters is 1. The van der Waals surface area contributed by atoms with Crippen molar-refractivity contribution in [2.75, 3.05) is 38.7 Å². The van der Waals surface area contributed by atoms with Crippen molar-refractivity contribution in [2.24, 2.45) is 17.8 Å². The molecule has 4 fully saturated rings. The minimum absolute atomic E-state index is 0.00822. The van der Waals surface area contributed by atoms with Gasteiger partial charge in [-0.25, -0.2) is 4.79 Å². The number of likely N-dealkylation sites (tertiary alicyclic amines) is 1. The maximum absolute atomic E-state index is 14.6. The van der Waals surface area contributed by atoms with E-state index in [1.165, 1.54) is 23.9 Å². The first-order valence-electron chi connectivity index (χ1n) is 18.1. The first kappa shape index (κ1) is 29.9. The number of carboxylic acid groups (broad SMARTS) is 1. The molecule has 1 aromatic heterocycles. The molecule has 0 saturated carbocycles. The molecule has 254 valence electrons. The Labute approximate surface area is 286 Å². The number of methoxy groups -OCH3 is 1. The molecule has 1 N–H and O–H groups in total. The summed E-state index contributed by atoms with van der Waals surface area (Å²) in [7, 11) is 3.19. The molecule has 2 aromatic carbocycles. The second-order valence-corrected chi connectivity index (χ2v) is 15.9. The van der Waals surface area contributed by atoms with Gasteiger partial charge in [0.2, 0.25) is 0 Å². The minimum atomic E-state index is -0.773. The Hall–Kier alpha value is -3.92. The maximum atomic E-state index is 14.6. The number of ether oxygens (including phenoxy) is 1. The van der Waals surface area contributed by atoms with E-state index in [0.29, 0.717) is 19.4 Å². The molecule has 49 heavy (non-hydrogen) atoms. The second-order valence-electron chi connectivity index (χ2n) is 15.9. The number of piperidine rings is 4. The predicted molar refractivity (Wildman–Crippen MR) is 186 cm³/mol. The van der Waals surface area contributed by atoms with E-state index >= 15 is 0 Å². The SMILES string of the molecule is C/C=C1/C[N+](C)([O-])[C@H]2Cc3c4n(c5ccccc35)[C@]35[C@@H]6C[C@H]7/C(=C\C)CN6CC[C@]3(c3ccccc3N5[C@@H]7C(=O)O)[C@H]4C[C@@H]1[C@H]2C(=O)OC. The molecule has 6 aliphatic heterocycles. The number of likely N-dealkylation sites (N-methyl/N-ethyl adjacent to an activating group) is 1. The van der Waals surface area contributed by atoms with Crippen LogP contribution < -0.4 is 4.90 Å². The van der Waals surface area contributed by atoms with Crippen LogP contribution in [0.25, 0.3) is 10.9 Å². The van der Waals surface area contributed by atoms with Gasteiger partial charge in [0.25, 0.3) is 0 Å². The highest BCUT2D eigenvalue weighted by Crippen LogP contribution is 2.76. The van der Waals surface area contributed by atoms with E-state index < -0.39 is 39.7 Å². The Bertz CT molecular complexity index is 2050. The van der Waals surface area contributed by atoms with Crippen molar-refractivity contribution in [1.82, 2.24) is 9.47 Å². The van der Waals surface area contributed by atoms with Crippen molar-refractivity contribution in [2.45, 2.75) is 74.7 Å². The Morgan fingerprint density at radius 1 is 1.04 bits per heavy atom. The lowest BCUT2D eigenvalue weighted by molar-refractivity contribution is -0.890. The highest BCUT2D eigenvalue weighted by molar-refractivity contribution is 5.91. The largest absolute Gasteiger partial charge is 0.633 e. The van der Waals surface area contributed by atoms with Crippen molar-refractivity contribution < 1.29 is 24.1 Å². The smallest absolute Gasteiger partial charge is 0.327 e. The van der Waals surface area contributed by atoms with Gasteiger partial charge in [-0.2, -0.15) is 0 Å². The fourth-order valence-corrected chi connectivity index (χ4v) is 13.0. The molecule has 9 heteroatoms. The number of quaternary nitrogens is 1. The number of allylic oxidation sites excluding steroid dienone is 2. The second kappa shape index (κ2) is 9.65. The van der Waals surface area contributed by atoms with Crippen LogP contribution in [0.5, 0.6) is 0 Å². The van der Waals surface area contributed by atoms with Crippen molar-refractivity contribution in [3.8, 4) is 0 Å². The zero-order chi connectivity index (χ0) is 33.8. The lowest BCUT2D eigenvalue weighted by Crippen LogP contribution is -2.79. The maximum Gasteiger partial charge on any atom is 0.327 e. The first-order chi connectivity index (χ1) is 23.6. The van der Waals surface area contributed by atoms with Crippen molar-refractivity contribution >= 4 is 28.5 Å². The summed E-state index contributed by atoms with van der Waals surface area (Å²) in [6.45, 7) is 6.13. The lowest BCUT2D eigenvalue weighted by atomic mass is 9.53. The van der Waals surface area contributed by atoms with Gasteiger partial charge in [-0.1, -0.05) is 54.1 Å². The van der Waals surface area contributed by atoms with Crippen LogP contribution in [0.1, 0.15) is 55.8 Å². The van der Waals surface area contributed by atoms with E-state index in [-0.39, 0.29) is 29.8 Å². The summed E-state index contributed by atoms with van der Waals surface area (Å²) in [5.74, 6) is -1.88. The molecule has 10 atom stereocenters. The summed E-state index contributed by atoms with van der Waals surface area (Å²) in [4.78, 5) is 32.8. The molecule has 0 radical (unpaired) electrons. The van der Waals surface area contributed by atoms with Crippen LogP contribution in [0, 0.1) is 23.0 Å². The normalized spacial score (nSPS) is 41.2. The number of benzene rings is 2. The van der Waals surface area contributed by atoms with E-state index in [0.717, 1.165) is 53.7 Å². The van der Waals surface area contributed by atoms with Crippen LogP contribution in [-0.4, -0.2) is 83.1 Å². The number of hydrogen-bond donors (Lipinski definition) is 1. The number of anilines is 1. The highest BCUT2D eigenvalue weighted by atomic mass is 16.5. The summed E-state index contributed by atoms with van der Waals surface area (Å²) < 4.78 is 7.64. The summed E-state index contributed by atoms with van der Waals surface area (Å²) in [6, 6.07) is 16.1. The Kier molecular flexibility index (Phi) is 5.90. The van der Waals surface area contributed by atoms with Crippen LogP contribution >= 0.6 is 0 Å². The van der Waals surface area contributed by atoms with E-state index in [1.807, 2.05) is 6.92 Å². The summed E-state index contributed by atoms with van der Waals surface area (Å²) >= 11 is 0. The number of carboxylic acids is 1. The van der Waals surface area contributed by atoms with Crippen LogP contribution in [0.2, 0.25) is 0 Å². The predicted octanol–water partition coefficient (Wildman–Crippen LogP) is 5.28. The number of carbonyl (C=O) groups excluding carboxylic acids is 1. The monoisotopic (exact) mass is 660 g/mol. The summed E-state index contributed by atoms with van der Waals surface area (Å²) in [5, 5.41) is 27.0. The van der Waals surface area contributed by atoms with Crippen molar-refractivity contribution in [1.29, 1.82) is 0 Å². The summed E-state index contributed by atoms with van der Waals surface area (Å²) in [6.07, 6.45) is 7.08. The molecule has 9 nitrogen and oxygen atoms in total. The molecule has 1 spiro atoms. The average molecular weight is 661 g/mol. The number of carbonyl (C=O) groups is 2. The van der Waals surface area contributed by atoms with Gasteiger partial charge in [0.1, 0.15) is 30.2 Å². The zero-order valence-electron chi connectivity index (χ0n) is 28.6. The van der Waals surface area contributed by atoms with E-state index in [1.54, 1.807) is 7.05 Å². The molecular weight excluding hydrogens is 616 g/mol. The first-order valence-corrected chi connectivity index (χ1v) is 18.1. The van der Waals surface area contributed by atoms with Gasteiger partial charge >= 0.3 is 11.9 Å². The van der Waals surface area contributed by atoms with Crippen LogP contribution in [0.15, 0.2) is 71.8 Å². The minimum Gasteiger partial charge on any atom is -0.633 e. The number of aliphatic carboxylic acids is 1. The number of hydrogen-bond acceptors (Lipinski definition) is 6. The third-order valence-electron chi connectivity index (χ3n) is 14.5. The van der Waals surface area contributed by atoms with E-state index in [2.05, 4.69) is 82.0 Å². The standard InChI is InChI=1S/C40H44N4O5/c1-5-22-20-41-16-15-39-28-12-8-10-14-31(28)43-36(37(45)46)26(22)19-33(41)40(39,43)42-30-13-9-7-11-24(30)27-18-32-34(38(47)49-4)25(17-29(39)35(27)42)23(6-2)21-44(32,3)48/h5-14,25-26,29,32-34,36H,15-21H2,1-4H3,(H,45,46)/b22-5-,23-6-/t25-,26-,29-,32-,33-,34+,36-,39-,40-,44?/m0/s1. The number of hydroxylamine groups is 3. The zero-order valence-corrected chi connectivity index (χ0v) is 28.6. The van der Waals surface area contributed by atoms with Crippen LogP contribution in [0.4, 0.5) is 5.69 Å². The highest BCUT2D eigenvalue weighted by Gasteiger charge is 2.80. The molecular formula is C40H44N4O5. The number of aromatic nitrogens is 1. The molecule has 3 aromatic rings. The van der Waals surface area contributed by atoms with Gasteiger partial charge in [0.05, 0.1) is 31.1 Å². The van der Waals surface area contributed by atoms with E-state index in [4.69, 9.17) is 4.74 Å². The Balaban J connectivity index is 1.35. The van der Waals surface area contributed by atoms with Gasteiger partial charge < -0.3 is 29.2 Å². The number of nitrogens with zero attached hydrogens (tertiary/aromatic N) is 4. The Morgan fingerprint density at radius 2 is 1.80 bits per heavy atom. The van der Waals surface area contributed by atoms with Crippen LogP contribution in [0.3, 0.4) is 0 Å². The van der Waals surface area contributed by atoms with E-state index in [9.17, 15) is 19.9 Å². The third-order valence-corrected chi connectivity index (χ3v) is 14.5. The topological polar surface area (TPSA) is 98.1 Å². The molecule has 4 saturated heterocycles. The molecule has 7 heterocycles. The van der Waals surface area contributed by atoms with Gasteiger partial charge in [-0.15, -0.1) is 0 Å². The number of fused-ring (bicyclic) bond motifs is 8. The molecule has 1 aliphatic carbocycles. The molecule has 0 amide bonds. The fourth-order valence-electron chi connectivity index (χ4n) is 13.0. The van der Waals surface area contributed by atoms with Gasteiger partial charge in [-0.05, 0) is 68.5 Å². The quantitative estimate of drug-likeness (QED) is 0.173. The fraction of sp³-hybridized carbons (Fsp3) is 0.500. The lowest BCUT2D eigenvalue weighted by Gasteiger charge is -2.67. The van der Waals surface area contributed by atoms with Gasteiger partial charge in [0, 0.05) is 47.5 Å². The molecule has 10 rings (SSSR count). The average Bonchev–Trinajstić information content (AvgIpc) is 3.64. The van der Waals surface area contributed by atoms with Gasteiger partial charge in [0.15, 0.2) is 0 Å².